The fourth-order valence-corrected chi connectivity index (χ4v) is 2.98. The van der Waals surface area contributed by atoms with Gasteiger partial charge < -0.3 is 10.1 Å². The van der Waals surface area contributed by atoms with Gasteiger partial charge in [0.2, 0.25) is 0 Å². The van der Waals surface area contributed by atoms with Gasteiger partial charge in [-0.3, -0.25) is 4.90 Å². The minimum absolute atomic E-state index is 0.709. The lowest BCUT2D eigenvalue weighted by molar-refractivity contribution is 0.127. The molecule has 0 aromatic rings. The fourth-order valence-electron chi connectivity index (χ4n) is 2.98. The van der Waals surface area contributed by atoms with E-state index in [2.05, 4.69) is 24.1 Å². The topological polar surface area (TPSA) is 24.5 Å². The lowest BCUT2D eigenvalue weighted by Crippen LogP contribution is -2.41. The highest BCUT2D eigenvalue weighted by Gasteiger charge is 2.19. The van der Waals surface area contributed by atoms with Crippen molar-refractivity contribution >= 4 is 0 Å². The van der Waals surface area contributed by atoms with Gasteiger partial charge >= 0.3 is 0 Å². The Labute approximate surface area is 120 Å². The maximum absolute atomic E-state index is 5.27. The summed E-state index contributed by atoms with van der Waals surface area (Å²) in [6.07, 6.45) is 8.07. The smallest absolute Gasteiger partial charge is 0.0589 e. The minimum Gasteiger partial charge on any atom is -0.383 e. The molecule has 0 aliphatic carbocycles. The van der Waals surface area contributed by atoms with E-state index >= 15 is 0 Å². The summed E-state index contributed by atoms with van der Waals surface area (Å²) < 4.78 is 5.27. The summed E-state index contributed by atoms with van der Waals surface area (Å²) >= 11 is 0. The van der Waals surface area contributed by atoms with Gasteiger partial charge in [-0.25, -0.2) is 0 Å². The van der Waals surface area contributed by atoms with Gasteiger partial charge in [0.15, 0.2) is 0 Å². The second kappa shape index (κ2) is 10.6. The van der Waals surface area contributed by atoms with Gasteiger partial charge in [0, 0.05) is 32.8 Å². The maximum atomic E-state index is 5.27. The van der Waals surface area contributed by atoms with Crippen LogP contribution in [0.1, 0.15) is 52.4 Å². The monoisotopic (exact) mass is 270 g/mol. The number of rotatable bonds is 11. The third-order valence-electron chi connectivity index (χ3n) is 4.31. The van der Waals surface area contributed by atoms with E-state index in [0.29, 0.717) is 6.04 Å². The van der Waals surface area contributed by atoms with E-state index in [1.54, 1.807) is 7.11 Å². The van der Waals surface area contributed by atoms with Gasteiger partial charge in [0.1, 0.15) is 0 Å². The van der Waals surface area contributed by atoms with Gasteiger partial charge in [-0.15, -0.1) is 0 Å². The molecule has 3 heteroatoms. The van der Waals surface area contributed by atoms with Crippen LogP contribution in [0, 0.1) is 5.92 Å². The first kappa shape index (κ1) is 16.9. The van der Waals surface area contributed by atoms with Gasteiger partial charge in [-0.2, -0.15) is 0 Å². The van der Waals surface area contributed by atoms with Crippen molar-refractivity contribution in [1.29, 1.82) is 0 Å². The molecule has 0 aromatic carbocycles. The normalized spacial score (nSPS) is 21.2. The number of ether oxygens (including phenoxy) is 1. The van der Waals surface area contributed by atoms with E-state index < -0.39 is 0 Å². The minimum atomic E-state index is 0.709. The average molecular weight is 270 g/mol. The summed E-state index contributed by atoms with van der Waals surface area (Å²) in [5, 5.41) is 3.62. The van der Waals surface area contributed by atoms with E-state index in [0.717, 1.165) is 19.1 Å². The molecule has 1 aliphatic rings. The summed E-state index contributed by atoms with van der Waals surface area (Å²) in [7, 11) is 1.81. The van der Waals surface area contributed by atoms with Crippen LogP contribution < -0.4 is 5.32 Å². The van der Waals surface area contributed by atoms with Gasteiger partial charge in [-0.05, 0) is 31.7 Å². The van der Waals surface area contributed by atoms with Crippen LogP contribution in [0.15, 0.2) is 0 Å². The number of unbranched alkanes of at least 4 members (excludes halogenated alkanes) is 1. The highest BCUT2D eigenvalue weighted by atomic mass is 16.5. The molecule has 0 bridgehead atoms. The average Bonchev–Trinajstić information content (AvgIpc) is 2.93. The number of hydrogen-bond donors (Lipinski definition) is 1. The molecule has 1 rings (SSSR count). The molecular formula is C16H34N2O. The summed E-state index contributed by atoms with van der Waals surface area (Å²) in [6, 6.07) is 0.709. The lowest BCUT2D eigenvalue weighted by atomic mass is 9.98. The zero-order chi connectivity index (χ0) is 13.9. The summed E-state index contributed by atoms with van der Waals surface area (Å²) in [6.45, 7) is 10.2. The van der Waals surface area contributed by atoms with Crippen LogP contribution >= 0.6 is 0 Å². The van der Waals surface area contributed by atoms with Crippen molar-refractivity contribution in [2.45, 2.75) is 58.4 Å². The molecule has 0 spiro atoms. The first-order chi connectivity index (χ1) is 9.30. The van der Waals surface area contributed by atoms with Crippen LogP contribution in [-0.4, -0.2) is 50.8 Å². The van der Waals surface area contributed by atoms with Crippen molar-refractivity contribution < 1.29 is 4.74 Å². The number of nitrogens with one attached hydrogen (secondary N) is 1. The van der Waals surface area contributed by atoms with Gasteiger partial charge in [0.25, 0.3) is 0 Å². The highest BCUT2D eigenvalue weighted by molar-refractivity contribution is 4.79. The van der Waals surface area contributed by atoms with Crippen LogP contribution in [0.5, 0.6) is 0 Å². The second-order valence-electron chi connectivity index (χ2n) is 5.96. The van der Waals surface area contributed by atoms with Crippen LogP contribution in [0.25, 0.3) is 0 Å². The van der Waals surface area contributed by atoms with Gasteiger partial charge in [-0.1, -0.05) is 33.1 Å². The predicted octanol–water partition coefficient (Wildman–Crippen LogP) is 2.90. The Morgan fingerprint density at radius 1 is 1.37 bits per heavy atom. The Kier molecular flexibility index (Phi) is 9.48. The van der Waals surface area contributed by atoms with Crippen molar-refractivity contribution in [3.8, 4) is 0 Å². The molecule has 0 aromatic heterocycles. The summed E-state index contributed by atoms with van der Waals surface area (Å²) in [5.74, 6) is 0.859. The first-order valence-electron chi connectivity index (χ1n) is 8.24. The summed E-state index contributed by atoms with van der Waals surface area (Å²) in [5.41, 5.74) is 0. The van der Waals surface area contributed by atoms with Crippen LogP contribution in [0.3, 0.4) is 0 Å². The van der Waals surface area contributed by atoms with Crippen molar-refractivity contribution in [2.75, 3.05) is 39.9 Å². The standard InChI is InChI=1S/C16H34N2O/c1-4-6-8-15(5-2)13-18(11-12-19-3)14-16-9-7-10-17-16/h15-17H,4-14H2,1-3H3. The lowest BCUT2D eigenvalue weighted by Gasteiger charge is -2.29. The summed E-state index contributed by atoms with van der Waals surface area (Å²) in [4.78, 5) is 2.62. The van der Waals surface area contributed by atoms with E-state index in [9.17, 15) is 0 Å². The SMILES string of the molecule is CCCCC(CC)CN(CCOC)CC1CCCN1. The van der Waals surface area contributed by atoms with E-state index in [-0.39, 0.29) is 0 Å². The molecule has 1 N–H and O–H groups in total. The molecule has 0 radical (unpaired) electrons. The van der Waals surface area contributed by atoms with Crippen LogP contribution in [0.2, 0.25) is 0 Å². The van der Waals surface area contributed by atoms with Crippen LogP contribution in [-0.2, 0) is 4.74 Å². The predicted molar refractivity (Wildman–Crippen MR) is 82.6 cm³/mol. The molecule has 0 amide bonds. The first-order valence-corrected chi connectivity index (χ1v) is 8.24. The van der Waals surface area contributed by atoms with E-state index in [1.165, 1.54) is 58.2 Å². The number of hydrogen-bond acceptors (Lipinski definition) is 3. The molecule has 1 fully saturated rings. The second-order valence-corrected chi connectivity index (χ2v) is 5.96. The number of methoxy groups -OCH3 is 1. The quantitative estimate of drug-likeness (QED) is 0.625. The Balaban J connectivity index is 2.36. The van der Waals surface area contributed by atoms with Gasteiger partial charge in [0.05, 0.1) is 6.61 Å². The molecule has 2 unspecified atom stereocenters. The molecule has 1 heterocycles. The molecule has 114 valence electrons. The van der Waals surface area contributed by atoms with Crippen molar-refractivity contribution in [3.63, 3.8) is 0 Å². The van der Waals surface area contributed by atoms with Crippen molar-refractivity contribution in [3.05, 3.63) is 0 Å². The molecule has 3 nitrogen and oxygen atoms in total. The molecule has 19 heavy (non-hydrogen) atoms. The Hall–Kier alpha value is -0.120. The van der Waals surface area contributed by atoms with Crippen molar-refractivity contribution in [1.82, 2.24) is 10.2 Å². The Bertz CT molecular complexity index is 205. The third kappa shape index (κ3) is 7.28. The fraction of sp³-hybridized carbons (Fsp3) is 1.00. The Morgan fingerprint density at radius 3 is 2.79 bits per heavy atom. The molecule has 0 saturated carbocycles. The van der Waals surface area contributed by atoms with Crippen molar-refractivity contribution in [2.24, 2.45) is 5.92 Å². The van der Waals surface area contributed by atoms with E-state index in [4.69, 9.17) is 4.74 Å². The maximum Gasteiger partial charge on any atom is 0.0589 e. The third-order valence-corrected chi connectivity index (χ3v) is 4.31. The zero-order valence-electron chi connectivity index (χ0n) is 13.3. The largest absolute Gasteiger partial charge is 0.383 e. The highest BCUT2D eigenvalue weighted by Crippen LogP contribution is 2.16. The number of nitrogens with zero attached hydrogens (tertiary/aromatic N) is 1. The molecule has 1 saturated heterocycles. The Morgan fingerprint density at radius 2 is 2.21 bits per heavy atom. The molecule has 1 aliphatic heterocycles. The van der Waals surface area contributed by atoms with E-state index in [1.807, 2.05) is 0 Å². The van der Waals surface area contributed by atoms with Crippen LogP contribution in [0.4, 0.5) is 0 Å². The molecular weight excluding hydrogens is 236 g/mol. The molecule has 2 atom stereocenters. The zero-order valence-corrected chi connectivity index (χ0v) is 13.3.